The molecule has 0 unspecified atom stereocenters. The molecule has 1 aliphatic heterocycles. The lowest BCUT2D eigenvalue weighted by Crippen LogP contribution is -1.82. The second kappa shape index (κ2) is 4.18. The van der Waals surface area contributed by atoms with Gasteiger partial charge in [0.2, 0.25) is 0 Å². The van der Waals surface area contributed by atoms with Crippen LogP contribution in [0.5, 0.6) is 0 Å². The van der Waals surface area contributed by atoms with Crippen LogP contribution in [-0.4, -0.2) is 5.87 Å². The van der Waals surface area contributed by atoms with Crippen molar-refractivity contribution < 1.29 is 0 Å². The SMILES string of the molecule is C=C=CC1=C(/C=C\C)C=C=C=N1. The van der Waals surface area contributed by atoms with Crippen molar-refractivity contribution in [1.29, 1.82) is 0 Å². The second-order valence-corrected chi connectivity index (χ2v) is 2.20. The maximum absolute atomic E-state index is 4.00. The fraction of sp³-hybridized carbons (Fsp3) is 0.0909. The summed E-state index contributed by atoms with van der Waals surface area (Å²) in [7, 11) is 0. The Kier molecular flexibility index (Phi) is 2.90. The number of hydrogen-bond donors (Lipinski definition) is 0. The lowest BCUT2D eigenvalue weighted by Gasteiger charge is -1.97. The first-order valence-electron chi connectivity index (χ1n) is 3.65. The molecular formula is C11H9N. The van der Waals surface area contributed by atoms with E-state index in [0.29, 0.717) is 0 Å². The van der Waals surface area contributed by atoms with Gasteiger partial charge in [-0.05, 0) is 18.7 Å². The smallest absolute Gasteiger partial charge is 0.0892 e. The molecule has 1 heteroatoms. The molecule has 0 aliphatic carbocycles. The van der Waals surface area contributed by atoms with Gasteiger partial charge < -0.3 is 0 Å². The summed E-state index contributed by atoms with van der Waals surface area (Å²) < 4.78 is 0. The fourth-order valence-corrected chi connectivity index (χ4v) is 0.866. The third-order valence-electron chi connectivity index (χ3n) is 1.35. The summed E-state index contributed by atoms with van der Waals surface area (Å²) in [6.45, 7) is 5.44. The van der Waals surface area contributed by atoms with E-state index in [2.05, 4.69) is 28.9 Å². The van der Waals surface area contributed by atoms with Crippen LogP contribution < -0.4 is 0 Å². The molecule has 0 atom stereocenters. The van der Waals surface area contributed by atoms with E-state index in [0.717, 1.165) is 11.3 Å². The van der Waals surface area contributed by atoms with E-state index in [1.54, 1.807) is 6.08 Å². The van der Waals surface area contributed by atoms with Crippen molar-refractivity contribution in [2.24, 2.45) is 4.99 Å². The third kappa shape index (κ3) is 1.85. The highest BCUT2D eigenvalue weighted by Gasteiger charge is 1.96. The molecular weight excluding hydrogens is 146 g/mol. The van der Waals surface area contributed by atoms with Gasteiger partial charge >= 0.3 is 0 Å². The van der Waals surface area contributed by atoms with Crippen LogP contribution in [0.1, 0.15) is 6.92 Å². The topological polar surface area (TPSA) is 12.4 Å². The number of allylic oxidation sites excluding steroid dienone is 5. The molecule has 58 valence electrons. The molecule has 0 spiro atoms. The molecule has 1 rings (SSSR count). The highest BCUT2D eigenvalue weighted by molar-refractivity contribution is 5.60. The number of nitrogens with zero attached hydrogens (tertiary/aromatic N) is 1. The van der Waals surface area contributed by atoms with Crippen molar-refractivity contribution >= 4 is 5.87 Å². The monoisotopic (exact) mass is 155 g/mol. The van der Waals surface area contributed by atoms with E-state index in [4.69, 9.17) is 0 Å². The minimum Gasteiger partial charge on any atom is -0.196 e. The van der Waals surface area contributed by atoms with Gasteiger partial charge in [0.05, 0.1) is 5.70 Å². The lowest BCUT2D eigenvalue weighted by atomic mass is 10.1. The standard InChI is InChI=1S/C11H9N/c1-3-6-10-8-5-9-12-11(10)7-4-2/h3,6-8H,2H2,1H3/b6-3-. The molecule has 0 radical (unpaired) electrons. The van der Waals surface area contributed by atoms with Crippen molar-refractivity contribution in [3.63, 3.8) is 0 Å². The zero-order valence-corrected chi connectivity index (χ0v) is 6.96. The van der Waals surface area contributed by atoms with E-state index >= 15 is 0 Å². The molecule has 1 heterocycles. The molecule has 0 N–H and O–H groups in total. The zero-order chi connectivity index (χ0) is 8.81. The first kappa shape index (κ1) is 8.33. The van der Waals surface area contributed by atoms with E-state index in [1.807, 2.05) is 25.2 Å². The Hall–Kier alpha value is -1.77. The van der Waals surface area contributed by atoms with E-state index in [-0.39, 0.29) is 0 Å². The Morgan fingerprint density at radius 2 is 2.50 bits per heavy atom. The van der Waals surface area contributed by atoms with Crippen molar-refractivity contribution in [3.05, 3.63) is 53.6 Å². The molecule has 0 aromatic heterocycles. The van der Waals surface area contributed by atoms with Crippen LogP contribution >= 0.6 is 0 Å². The molecule has 12 heavy (non-hydrogen) atoms. The first-order chi connectivity index (χ1) is 5.88. The molecule has 1 nitrogen and oxygen atoms in total. The van der Waals surface area contributed by atoms with Crippen LogP contribution in [0.4, 0.5) is 0 Å². The number of aliphatic imine (C=N–C) groups is 1. The minimum absolute atomic E-state index is 0.821. The van der Waals surface area contributed by atoms with Crippen molar-refractivity contribution in [3.8, 4) is 0 Å². The summed E-state index contributed by atoms with van der Waals surface area (Å²) in [5, 5.41) is 0. The quantitative estimate of drug-likeness (QED) is 0.543. The van der Waals surface area contributed by atoms with Crippen molar-refractivity contribution in [1.82, 2.24) is 0 Å². The highest BCUT2D eigenvalue weighted by atomic mass is 14.7. The molecule has 0 bridgehead atoms. The Morgan fingerprint density at radius 3 is 3.17 bits per heavy atom. The molecule has 0 amide bonds. The Labute approximate surface area is 72.1 Å². The molecule has 1 aliphatic rings. The lowest BCUT2D eigenvalue weighted by molar-refractivity contribution is 1.37. The molecule has 0 saturated heterocycles. The second-order valence-electron chi connectivity index (χ2n) is 2.20. The number of hydrogen-bond acceptors (Lipinski definition) is 1. The highest BCUT2D eigenvalue weighted by Crippen LogP contribution is 2.11. The maximum Gasteiger partial charge on any atom is 0.0892 e. The summed E-state index contributed by atoms with van der Waals surface area (Å²) in [4.78, 5) is 4.00. The molecule has 0 saturated carbocycles. The van der Waals surface area contributed by atoms with E-state index < -0.39 is 0 Å². The van der Waals surface area contributed by atoms with Gasteiger partial charge in [0.25, 0.3) is 0 Å². The Morgan fingerprint density at radius 1 is 1.67 bits per heavy atom. The zero-order valence-electron chi connectivity index (χ0n) is 6.96. The van der Waals surface area contributed by atoms with Gasteiger partial charge in [-0.15, -0.1) is 5.73 Å². The Balaban J connectivity index is 3.14. The van der Waals surface area contributed by atoms with Crippen LogP contribution in [0.15, 0.2) is 58.6 Å². The van der Waals surface area contributed by atoms with Crippen LogP contribution in [0.2, 0.25) is 0 Å². The van der Waals surface area contributed by atoms with Gasteiger partial charge in [0, 0.05) is 17.5 Å². The average molecular weight is 155 g/mol. The molecule has 0 fully saturated rings. The summed E-state index contributed by atoms with van der Waals surface area (Å²) in [5.41, 5.74) is 7.29. The average Bonchev–Trinajstić information content (AvgIpc) is 2.09. The summed E-state index contributed by atoms with van der Waals surface area (Å²) >= 11 is 0. The Bertz CT molecular complexity index is 375. The predicted molar refractivity (Wildman–Crippen MR) is 51.1 cm³/mol. The third-order valence-corrected chi connectivity index (χ3v) is 1.35. The number of rotatable bonds is 2. The van der Waals surface area contributed by atoms with Crippen LogP contribution in [0.3, 0.4) is 0 Å². The van der Waals surface area contributed by atoms with Gasteiger partial charge in [-0.3, -0.25) is 0 Å². The minimum atomic E-state index is 0.821. The van der Waals surface area contributed by atoms with Gasteiger partial charge in [-0.2, -0.15) is 4.99 Å². The van der Waals surface area contributed by atoms with Gasteiger partial charge in [-0.25, -0.2) is 0 Å². The maximum atomic E-state index is 4.00. The van der Waals surface area contributed by atoms with Crippen LogP contribution in [-0.2, 0) is 0 Å². The van der Waals surface area contributed by atoms with Crippen molar-refractivity contribution in [2.45, 2.75) is 6.92 Å². The molecule has 0 aromatic carbocycles. The fourth-order valence-electron chi connectivity index (χ4n) is 0.866. The van der Waals surface area contributed by atoms with Crippen molar-refractivity contribution in [2.75, 3.05) is 0 Å². The van der Waals surface area contributed by atoms with E-state index in [9.17, 15) is 0 Å². The van der Waals surface area contributed by atoms with Gasteiger partial charge in [-0.1, -0.05) is 18.7 Å². The first-order valence-corrected chi connectivity index (χ1v) is 3.65. The van der Waals surface area contributed by atoms with Crippen LogP contribution in [0.25, 0.3) is 0 Å². The summed E-state index contributed by atoms with van der Waals surface area (Å²) in [6.07, 6.45) is 7.46. The van der Waals surface area contributed by atoms with Gasteiger partial charge in [0.1, 0.15) is 0 Å². The summed E-state index contributed by atoms with van der Waals surface area (Å²) in [6, 6.07) is 0. The van der Waals surface area contributed by atoms with Gasteiger partial charge in [0.15, 0.2) is 0 Å². The summed E-state index contributed by atoms with van der Waals surface area (Å²) in [5.74, 6) is 2.64. The molecule has 0 aromatic rings. The van der Waals surface area contributed by atoms with Crippen LogP contribution in [0, 0.1) is 0 Å². The normalized spacial score (nSPS) is 14.1. The largest absolute Gasteiger partial charge is 0.196 e. The predicted octanol–water partition coefficient (Wildman–Crippen LogP) is 2.55. The van der Waals surface area contributed by atoms with E-state index in [1.165, 1.54) is 0 Å².